The second-order valence-corrected chi connectivity index (χ2v) is 5.94. The van der Waals surface area contributed by atoms with Crippen molar-refractivity contribution in [3.05, 3.63) is 54.5 Å². The number of hydrogen-bond acceptors (Lipinski definition) is 2. The van der Waals surface area contributed by atoms with Gasteiger partial charge in [0.15, 0.2) is 0 Å². The smallest absolute Gasteiger partial charge is 0.270 e. The standard InChI is InChI=1S/C17H17FN4O/c18-14-4-1-5-15-13(14)9-16(20-15)17(23)21-7-2-3-12(10-21)22-8-6-19-11-22/h1,4-6,8-9,11-12,20H,2-3,7,10H2. The fraction of sp³-hybridized carbons (Fsp3) is 0.294. The summed E-state index contributed by atoms with van der Waals surface area (Å²) in [6.07, 6.45) is 7.44. The first-order valence-electron chi connectivity index (χ1n) is 7.76. The molecule has 1 amide bonds. The van der Waals surface area contributed by atoms with Crippen LogP contribution in [-0.4, -0.2) is 38.4 Å². The minimum absolute atomic E-state index is 0.0783. The van der Waals surface area contributed by atoms with Crippen molar-refractivity contribution in [1.29, 1.82) is 0 Å². The third kappa shape index (κ3) is 2.50. The highest BCUT2D eigenvalue weighted by Crippen LogP contribution is 2.24. The molecule has 1 atom stereocenters. The van der Waals surface area contributed by atoms with E-state index < -0.39 is 0 Å². The molecule has 0 radical (unpaired) electrons. The molecule has 5 nitrogen and oxygen atoms in total. The summed E-state index contributed by atoms with van der Waals surface area (Å²) in [6, 6.07) is 6.67. The maximum Gasteiger partial charge on any atom is 0.270 e. The number of fused-ring (bicyclic) bond motifs is 1. The number of carbonyl (C=O) groups excluding carboxylic acids is 1. The number of nitrogens with zero attached hydrogens (tertiary/aromatic N) is 3. The Balaban J connectivity index is 1.58. The normalized spacial score (nSPS) is 18.5. The first kappa shape index (κ1) is 14.0. The molecule has 1 aromatic carbocycles. The quantitative estimate of drug-likeness (QED) is 0.791. The summed E-state index contributed by atoms with van der Waals surface area (Å²) in [4.78, 5) is 21.7. The van der Waals surface area contributed by atoms with Crippen molar-refractivity contribution >= 4 is 16.8 Å². The van der Waals surface area contributed by atoms with Gasteiger partial charge in [0.2, 0.25) is 0 Å². The molecule has 3 heterocycles. The van der Waals surface area contributed by atoms with Crippen LogP contribution in [0.15, 0.2) is 43.0 Å². The van der Waals surface area contributed by atoms with Crippen LogP contribution in [0.2, 0.25) is 0 Å². The minimum atomic E-state index is -0.312. The number of benzene rings is 1. The van der Waals surface area contributed by atoms with Gasteiger partial charge in [-0.2, -0.15) is 0 Å². The first-order chi connectivity index (χ1) is 11.2. The average Bonchev–Trinajstić information content (AvgIpc) is 3.24. The van der Waals surface area contributed by atoms with E-state index in [4.69, 9.17) is 0 Å². The number of likely N-dealkylation sites (tertiary alicyclic amines) is 1. The molecular formula is C17H17FN4O. The molecule has 0 spiro atoms. The van der Waals surface area contributed by atoms with Gasteiger partial charge in [0.25, 0.3) is 5.91 Å². The molecule has 1 aliphatic heterocycles. The van der Waals surface area contributed by atoms with Crippen LogP contribution in [0.5, 0.6) is 0 Å². The molecule has 1 aliphatic rings. The molecule has 3 aromatic rings. The number of hydrogen-bond donors (Lipinski definition) is 1. The number of aromatic amines is 1. The lowest BCUT2D eigenvalue weighted by molar-refractivity contribution is 0.0674. The molecule has 1 saturated heterocycles. The first-order valence-corrected chi connectivity index (χ1v) is 7.76. The molecular weight excluding hydrogens is 295 g/mol. The number of nitrogens with one attached hydrogen (secondary N) is 1. The third-order valence-corrected chi connectivity index (χ3v) is 4.47. The topological polar surface area (TPSA) is 53.9 Å². The van der Waals surface area contributed by atoms with Crippen molar-refractivity contribution in [1.82, 2.24) is 19.4 Å². The second kappa shape index (κ2) is 5.53. The van der Waals surface area contributed by atoms with Gasteiger partial charge in [0.05, 0.1) is 12.4 Å². The zero-order valence-electron chi connectivity index (χ0n) is 12.6. The maximum absolute atomic E-state index is 13.8. The number of amides is 1. The number of H-pyrrole nitrogens is 1. The van der Waals surface area contributed by atoms with Gasteiger partial charge in [-0.05, 0) is 31.0 Å². The van der Waals surface area contributed by atoms with Gasteiger partial charge < -0.3 is 14.5 Å². The Hall–Kier alpha value is -2.63. The number of carbonyl (C=O) groups is 1. The molecule has 6 heteroatoms. The second-order valence-electron chi connectivity index (χ2n) is 5.94. The number of aromatic nitrogens is 3. The van der Waals surface area contributed by atoms with Gasteiger partial charge in [-0.3, -0.25) is 4.79 Å². The molecule has 1 N–H and O–H groups in total. The number of rotatable bonds is 2. The summed E-state index contributed by atoms with van der Waals surface area (Å²) in [6.45, 7) is 1.37. The van der Waals surface area contributed by atoms with Gasteiger partial charge in [-0.15, -0.1) is 0 Å². The van der Waals surface area contributed by atoms with Crippen LogP contribution >= 0.6 is 0 Å². The number of halogens is 1. The molecule has 1 fully saturated rings. The zero-order chi connectivity index (χ0) is 15.8. The highest BCUT2D eigenvalue weighted by molar-refractivity contribution is 5.98. The van der Waals surface area contributed by atoms with Crippen molar-refractivity contribution in [2.45, 2.75) is 18.9 Å². The van der Waals surface area contributed by atoms with Gasteiger partial charge in [0.1, 0.15) is 11.5 Å². The summed E-state index contributed by atoms with van der Waals surface area (Å²) >= 11 is 0. The minimum Gasteiger partial charge on any atom is -0.350 e. The third-order valence-electron chi connectivity index (χ3n) is 4.47. The Bertz CT molecular complexity index is 840. The Morgan fingerprint density at radius 2 is 2.30 bits per heavy atom. The van der Waals surface area contributed by atoms with Crippen LogP contribution in [0.4, 0.5) is 4.39 Å². The number of piperidine rings is 1. The van der Waals surface area contributed by atoms with Crippen molar-refractivity contribution in [2.24, 2.45) is 0 Å². The van der Waals surface area contributed by atoms with Crippen LogP contribution < -0.4 is 0 Å². The molecule has 4 rings (SSSR count). The predicted molar refractivity (Wildman–Crippen MR) is 84.7 cm³/mol. The molecule has 118 valence electrons. The van der Waals surface area contributed by atoms with Crippen molar-refractivity contribution in [2.75, 3.05) is 13.1 Å². The molecule has 2 aromatic heterocycles. The maximum atomic E-state index is 13.8. The van der Waals surface area contributed by atoms with Gasteiger partial charge in [0, 0.05) is 36.4 Å². The zero-order valence-corrected chi connectivity index (χ0v) is 12.6. The molecule has 0 saturated carbocycles. The lowest BCUT2D eigenvalue weighted by atomic mass is 10.1. The van der Waals surface area contributed by atoms with E-state index >= 15 is 0 Å². The summed E-state index contributed by atoms with van der Waals surface area (Å²) in [5.74, 6) is -0.391. The SMILES string of the molecule is O=C(c1cc2c(F)cccc2[nH]1)N1CCCC(n2ccnc2)C1. The molecule has 1 unspecified atom stereocenters. The summed E-state index contributed by atoms with van der Waals surface area (Å²) in [5.41, 5.74) is 1.09. The fourth-order valence-corrected chi connectivity index (χ4v) is 3.27. The monoisotopic (exact) mass is 312 g/mol. The largest absolute Gasteiger partial charge is 0.350 e. The van der Waals surface area contributed by atoms with E-state index in [1.807, 2.05) is 15.7 Å². The van der Waals surface area contributed by atoms with Gasteiger partial charge in [-0.25, -0.2) is 9.37 Å². The fourth-order valence-electron chi connectivity index (χ4n) is 3.27. The van der Waals surface area contributed by atoms with Crippen LogP contribution in [-0.2, 0) is 0 Å². The van der Waals surface area contributed by atoms with E-state index in [1.54, 1.807) is 30.7 Å². The predicted octanol–water partition coefficient (Wildman–Crippen LogP) is 2.98. The van der Waals surface area contributed by atoms with Crippen molar-refractivity contribution in [3.63, 3.8) is 0 Å². The van der Waals surface area contributed by atoms with Crippen LogP contribution in [0.1, 0.15) is 29.4 Å². The molecule has 0 aliphatic carbocycles. The molecule has 23 heavy (non-hydrogen) atoms. The van der Waals surface area contributed by atoms with E-state index in [-0.39, 0.29) is 17.8 Å². The van der Waals surface area contributed by atoms with Crippen LogP contribution in [0.3, 0.4) is 0 Å². The average molecular weight is 312 g/mol. The van der Waals surface area contributed by atoms with Crippen molar-refractivity contribution in [3.8, 4) is 0 Å². The highest BCUT2D eigenvalue weighted by atomic mass is 19.1. The molecule has 0 bridgehead atoms. The number of imidazole rings is 1. The van der Waals surface area contributed by atoms with E-state index in [1.165, 1.54) is 6.07 Å². The summed E-state index contributed by atoms with van der Waals surface area (Å²) in [7, 11) is 0. The Morgan fingerprint density at radius 1 is 1.39 bits per heavy atom. The highest BCUT2D eigenvalue weighted by Gasteiger charge is 2.26. The van der Waals surface area contributed by atoms with Gasteiger partial charge >= 0.3 is 0 Å². The van der Waals surface area contributed by atoms with Crippen LogP contribution in [0.25, 0.3) is 10.9 Å². The summed E-state index contributed by atoms with van der Waals surface area (Å²) in [5, 5.41) is 0.457. The van der Waals surface area contributed by atoms with E-state index in [0.29, 0.717) is 23.1 Å². The van der Waals surface area contributed by atoms with Crippen molar-refractivity contribution < 1.29 is 9.18 Å². The Labute approximate surface area is 132 Å². The van der Waals surface area contributed by atoms with E-state index in [0.717, 1.165) is 19.4 Å². The summed E-state index contributed by atoms with van der Waals surface area (Å²) < 4.78 is 15.8. The van der Waals surface area contributed by atoms with E-state index in [2.05, 4.69) is 9.97 Å². The van der Waals surface area contributed by atoms with E-state index in [9.17, 15) is 9.18 Å². The Kier molecular flexibility index (Phi) is 3.37. The lowest BCUT2D eigenvalue weighted by Crippen LogP contribution is -2.40. The van der Waals surface area contributed by atoms with Crippen LogP contribution in [0, 0.1) is 5.82 Å². The van der Waals surface area contributed by atoms with Gasteiger partial charge in [-0.1, -0.05) is 6.07 Å². The Morgan fingerprint density at radius 3 is 3.09 bits per heavy atom. The lowest BCUT2D eigenvalue weighted by Gasteiger charge is -2.33.